The van der Waals surface area contributed by atoms with Crippen molar-refractivity contribution in [1.82, 2.24) is 9.97 Å². The van der Waals surface area contributed by atoms with Crippen molar-refractivity contribution in [1.29, 1.82) is 5.26 Å². The molecule has 0 saturated carbocycles. The molecule has 62 valence electrons. The molecule has 5 nitrogen and oxygen atoms in total. The summed E-state index contributed by atoms with van der Waals surface area (Å²) in [6, 6.07) is 2.09. The molecule has 1 aromatic heterocycles. The van der Waals surface area contributed by atoms with Gasteiger partial charge in [0.2, 0.25) is 0 Å². The number of nitrogens with zero attached hydrogens (tertiary/aromatic N) is 3. The van der Waals surface area contributed by atoms with Crippen molar-refractivity contribution in [2.45, 2.75) is 6.92 Å². The number of methoxy groups -OCH3 is 1. The predicted molar refractivity (Wildman–Crippen MR) is 42.4 cm³/mol. The number of hydrogen-bond acceptors (Lipinski definition) is 5. The van der Waals surface area contributed by atoms with Crippen LogP contribution in [0.4, 0.5) is 5.82 Å². The Balaban J connectivity index is 3.30. The first kappa shape index (κ1) is 8.27. The van der Waals surface area contributed by atoms with Gasteiger partial charge in [0, 0.05) is 0 Å². The molecule has 2 N–H and O–H groups in total. The number of anilines is 1. The van der Waals surface area contributed by atoms with E-state index in [0.29, 0.717) is 11.3 Å². The van der Waals surface area contributed by atoms with Gasteiger partial charge in [-0.2, -0.15) is 15.2 Å². The van der Waals surface area contributed by atoms with E-state index in [-0.39, 0.29) is 11.8 Å². The third-order valence-corrected chi connectivity index (χ3v) is 1.39. The zero-order valence-electron chi connectivity index (χ0n) is 6.83. The summed E-state index contributed by atoms with van der Waals surface area (Å²) in [4.78, 5) is 7.63. The fourth-order valence-corrected chi connectivity index (χ4v) is 0.798. The lowest BCUT2D eigenvalue weighted by Gasteiger charge is -2.02. The smallest absolute Gasteiger partial charge is 0.318 e. The van der Waals surface area contributed by atoms with Crippen molar-refractivity contribution < 1.29 is 4.74 Å². The zero-order chi connectivity index (χ0) is 9.14. The molecule has 12 heavy (non-hydrogen) atoms. The maximum Gasteiger partial charge on any atom is 0.318 e. The molecule has 0 aliphatic heterocycles. The van der Waals surface area contributed by atoms with E-state index in [1.54, 1.807) is 6.92 Å². The van der Waals surface area contributed by atoms with Crippen LogP contribution in [0.2, 0.25) is 0 Å². The van der Waals surface area contributed by atoms with E-state index in [9.17, 15) is 0 Å². The molecule has 0 atom stereocenters. The van der Waals surface area contributed by atoms with Crippen LogP contribution in [-0.2, 0) is 0 Å². The third-order valence-electron chi connectivity index (χ3n) is 1.39. The highest BCUT2D eigenvalue weighted by Crippen LogP contribution is 2.14. The Kier molecular flexibility index (Phi) is 2.10. The van der Waals surface area contributed by atoms with Crippen LogP contribution in [0.5, 0.6) is 6.01 Å². The molecule has 1 rings (SSSR count). The van der Waals surface area contributed by atoms with E-state index in [2.05, 4.69) is 9.97 Å². The van der Waals surface area contributed by atoms with Crippen LogP contribution in [0.1, 0.15) is 11.3 Å². The Bertz CT molecular complexity index is 319. The van der Waals surface area contributed by atoms with Gasteiger partial charge in [0.1, 0.15) is 17.5 Å². The number of aromatic nitrogens is 2. The Morgan fingerprint density at radius 2 is 2.17 bits per heavy atom. The predicted octanol–water partition coefficient (Wildman–Crippen LogP) is 0.247. The van der Waals surface area contributed by atoms with Gasteiger partial charge < -0.3 is 10.5 Å². The number of nitrogen functional groups attached to an aromatic ring is 1. The van der Waals surface area contributed by atoms with E-state index in [4.69, 9.17) is 15.7 Å². The van der Waals surface area contributed by atoms with Gasteiger partial charge in [0.25, 0.3) is 0 Å². The van der Waals surface area contributed by atoms with Crippen LogP contribution < -0.4 is 10.5 Å². The van der Waals surface area contributed by atoms with E-state index in [1.807, 2.05) is 6.07 Å². The summed E-state index contributed by atoms with van der Waals surface area (Å²) < 4.78 is 4.76. The van der Waals surface area contributed by atoms with Crippen molar-refractivity contribution in [2.24, 2.45) is 0 Å². The maximum absolute atomic E-state index is 8.61. The molecule has 0 unspecified atom stereocenters. The molecule has 1 aromatic rings. The molecule has 0 spiro atoms. The summed E-state index contributed by atoms with van der Waals surface area (Å²) in [6.45, 7) is 1.68. The van der Waals surface area contributed by atoms with Crippen molar-refractivity contribution in [2.75, 3.05) is 12.8 Å². The number of hydrogen-bond donors (Lipinski definition) is 1. The number of aryl methyl sites for hydroxylation is 1. The SMILES string of the molecule is COc1nc(C)c(C#N)c(N)n1. The fraction of sp³-hybridized carbons (Fsp3) is 0.286. The largest absolute Gasteiger partial charge is 0.467 e. The molecule has 0 fully saturated rings. The van der Waals surface area contributed by atoms with E-state index in [0.717, 1.165) is 0 Å². The van der Waals surface area contributed by atoms with Crippen LogP contribution in [0, 0.1) is 18.3 Å². The highest BCUT2D eigenvalue weighted by molar-refractivity contribution is 5.51. The van der Waals surface area contributed by atoms with Crippen LogP contribution in [0.25, 0.3) is 0 Å². The quantitative estimate of drug-likeness (QED) is 0.642. The monoisotopic (exact) mass is 164 g/mol. The molecule has 5 heteroatoms. The van der Waals surface area contributed by atoms with Crippen LogP contribution in [0.3, 0.4) is 0 Å². The van der Waals surface area contributed by atoms with Gasteiger partial charge in [-0.25, -0.2) is 0 Å². The Morgan fingerprint density at radius 1 is 1.50 bits per heavy atom. The molecule has 1 heterocycles. The number of rotatable bonds is 1. The van der Waals surface area contributed by atoms with Crippen molar-refractivity contribution in [3.8, 4) is 12.1 Å². The van der Waals surface area contributed by atoms with E-state index < -0.39 is 0 Å². The summed E-state index contributed by atoms with van der Waals surface area (Å²) >= 11 is 0. The van der Waals surface area contributed by atoms with Gasteiger partial charge in [0.15, 0.2) is 0 Å². The maximum atomic E-state index is 8.61. The minimum atomic E-state index is 0.154. The summed E-state index contributed by atoms with van der Waals surface area (Å²) in [6.07, 6.45) is 0. The molecule has 0 bridgehead atoms. The van der Waals surface area contributed by atoms with Crippen molar-refractivity contribution >= 4 is 5.82 Å². The average molecular weight is 164 g/mol. The Morgan fingerprint density at radius 3 is 2.58 bits per heavy atom. The second-order valence-electron chi connectivity index (χ2n) is 2.17. The Hall–Kier alpha value is -1.83. The Labute approximate surface area is 69.8 Å². The van der Waals surface area contributed by atoms with Crippen LogP contribution in [0.15, 0.2) is 0 Å². The van der Waals surface area contributed by atoms with Crippen LogP contribution in [-0.4, -0.2) is 17.1 Å². The van der Waals surface area contributed by atoms with E-state index in [1.165, 1.54) is 7.11 Å². The third kappa shape index (κ3) is 1.27. The first-order valence-electron chi connectivity index (χ1n) is 3.27. The van der Waals surface area contributed by atoms with Crippen molar-refractivity contribution in [3.05, 3.63) is 11.3 Å². The molecule has 0 saturated heterocycles. The van der Waals surface area contributed by atoms with Gasteiger partial charge in [0.05, 0.1) is 12.8 Å². The highest BCUT2D eigenvalue weighted by Gasteiger charge is 2.07. The summed E-state index contributed by atoms with van der Waals surface area (Å²) in [5.41, 5.74) is 6.29. The lowest BCUT2D eigenvalue weighted by molar-refractivity contribution is 0.379. The lowest BCUT2D eigenvalue weighted by Crippen LogP contribution is -2.02. The molecular weight excluding hydrogens is 156 g/mol. The normalized spacial score (nSPS) is 9.08. The summed E-state index contributed by atoms with van der Waals surface area (Å²) in [5.74, 6) is 0.154. The first-order valence-corrected chi connectivity index (χ1v) is 3.27. The molecule has 0 aromatic carbocycles. The van der Waals surface area contributed by atoms with Crippen molar-refractivity contribution in [3.63, 3.8) is 0 Å². The second kappa shape index (κ2) is 3.05. The topological polar surface area (TPSA) is 84.8 Å². The molecule has 0 amide bonds. The fourth-order valence-electron chi connectivity index (χ4n) is 0.798. The highest BCUT2D eigenvalue weighted by atomic mass is 16.5. The van der Waals surface area contributed by atoms with Gasteiger partial charge in [-0.15, -0.1) is 0 Å². The number of nitrogens with two attached hydrogens (primary N) is 1. The average Bonchev–Trinajstić information content (AvgIpc) is 2.03. The molecule has 0 aliphatic carbocycles. The summed E-state index contributed by atoms with van der Waals surface area (Å²) in [5, 5.41) is 8.61. The van der Waals surface area contributed by atoms with Gasteiger partial charge in [-0.1, -0.05) is 0 Å². The zero-order valence-corrected chi connectivity index (χ0v) is 6.83. The molecular formula is C7H8N4O. The standard InChI is InChI=1S/C7H8N4O/c1-4-5(3-8)6(9)11-7(10-4)12-2/h1-2H3,(H2,9,10,11). The minimum Gasteiger partial charge on any atom is -0.467 e. The molecule has 0 radical (unpaired) electrons. The van der Waals surface area contributed by atoms with Gasteiger partial charge >= 0.3 is 6.01 Å². The van der Waals surface area contributed by atoms with E-state index >= 15 is 0 Å². The minimum absolute atomic E-state index is 0.154. The van der Waals surface area contributed by atoms with Gasteiger partial charge in [-0.3, -0.25) is 0 Å². The number of nitriles is 1. The van der Waals surface area contributed by atoms with Crippen LogP contribution >= 0.6 is 0 Å². The molecule has 0 aliphatic rings. The second-order valence-corrected chi connectivity index (χ2v) is 2.17. The first-order chi connectivity index (χ1) is 5.69. The van der Waals surface area contributed by atoms with Gasteiger partial charge in [-0.05, 0) is 6.92 Å². The summed E-state index contributed by atoms with van der Waals surface area (Å²) in [7, 11) is 1.44. The lowest BCUT2D eigenvalue weighted by atomic mass is 10.2. The number of ether oxygens (including phenoxy) is 1.